The van der Waals surface area contributed by atoms with Crippen LogP contribution in [0, 0.1) is 15.4 Å². The smallest absolute Gasteiger partial charge is 0.326 e. The van der Waals surface area contributed by atoms with Crippen molar-refractivity contribution in [3.8, 4) is 0 Å². The van der Waals surface area contributed by atoms with E-state index in [-0.39, 0.29) is 37.1 Å². The minimum Gasteiger partial charge on any atom is -0.481 e. The molecule has 1 aromatic rings. The summed E-state index contributed by atoms with van der Waals surface area (Å²) in [5.41, 5.74) is 4.87. The van der Waals surface area contributed by atoms with Gasteiger partial charge in [-0.25, -0.2) is 14.4 Å². The Morgan fingerprint density at radius 2 is 1.50 bits per heavy atom. The van der Waals surface area contributed by atoms with Crippen LogP contribution >= 0.6 is 22.6 Å². The van der Waals surface area contributed by atoms with E-state index < -0.39 is 48.5 Å². The first kappa shape index (κ1) is 36.7. The molecule has 0 aromatic heterocycles. The van der Waals surface area contributed by atoms with E-state index >= 15 is 0 Å². The summed E-state index contributed by atoms with van der Waals surface area (Å²) in [7, 11) is 0. The second-order valence-electron chi connectivity index (χ2n) is 11.0. The van der Waals surface area contributed by atoms with Gasteiger partial charge in [-0.15, -0.1) is 0 Å². The Labute approximate surface area is 269 Å². The van der Waals surface area contributed by atoms with E-state index in [0.29, 0.717) is 25.2 Å². The quantitative estimate of drug-likeness (QED) is 0.0783. The Morgan fingerprint density at radius 3 is 2.07 bits per heavy atom. The molecular formula is C29H43IN5O9+. The van der Waals surface area contributed by atoms with Crippen molar-refractivity contribution in [2.24, 2.45) is 11.8 Å². The van der Waals surface area contributed by atoms with Crippen LogP contribution in [0.4, 0.5) is 4.79 Å². The van der Waals surface area contributed by atoms with Crippen LogP contribution in [-0.4, -0.2) is 82.3 Å². The lowest BCUT2D eigenvalue weighted by atomic mass is 9.81. The number of hydrogen-bond acceptors (Lipinski definition) is 6. The van der Waals surface area contributed by atoms with Gasteiger partial charge in [0.2, 0.25) is 11.8 Å². The molecule has 2 rings (SSSR count). The first-order valence-corrected chi connectivity index (χ1v) is 15.8. The van der Waals surface area contributed by atoms with Crippen molar-refractivity contribution in [3.05, 3.63) is 33.4 Å². The SMILES string of the molecule is [NH3+]CC1CCC(C(=O)N[C@@H](Cc2cccc(I)c2)C(=O)NCCCC[C@H](NC(=O)N[C@@H](CCC(=O)O)C(=O)O)C(=O)O)CC1. The molecule has 4 amide bonds. The number of benzene rings is 1. The Balaban J connectivity index is 1.88. The number of rotatable bonds is 18. The molecule has 1 aliphatic rings. The van der Waals surface area contributed by atoms with Gasteiger partial charge < -0.3 is 42.3 Å². The van der Waals surface area contributed by atoms with Gasteiger partial charge in [-0.05, 0) is 91.7 Å². The lowest BCUT2D eigenvalue weighted by Gasteiger charge is -2.27. The number of hydrogen-bond donors (Lipinski definition) is 8. The first-order valence-electron chi connectivity index (χ1n) is 14.8. The second-order valence-corrected chi connectivity index (χ2v) is 12.3. The fourth-order valence-electron chi connectivity index (χ4n) is 5.06. The molecule has 1 aliphatic carbocycles. The summed E-state index contributed by atoms with van der Waals surface area (Å²) in [6, 6.07) is 3.02. The van der Waals surface area contributed by atoms with Gasteiger partial charge in [-0.2, -0.15) is 0 Å². The summed E-state index contributed by atoms with van der Waals surface area (Å²) in [6.45, 7) is 1.06. The largest absolute Gasteiger partial charge is 0.481 e. The molecule has 244 valence electrons. The van der Waals surface area contributed by atoms with Gasteiger partial charge in [0.25, 0.3) is 0 Å². The topological polar surface area (TPSA) is 239 Å². The third-order valence-electron chi connectivity index (χ3n) is 7.66. The number of carboxylic acid groups (broad SMARTS) is 3. The number of amides is 4. The van der Waals surface area contributed by atoms with E-state index in [2.05, 4.69) is 49.6 Å². The maximum Gasteiger partial charge on any atom is 0.326 e. The van der Waals surface area contributed by atoms with Crippen LogP contribution in [0.15, 0.2) is 24.3 Å². The Hall–Kier alpha value is -3.47. The minimum absolute atomic E-state index is 0.00403. The zero-order valence-corrected chi connectivity index (χ0v) is 26.7. The maximum absolute atomic E-state index is 13.2. The summed E-state index contributed by atoms with van der Waals surface area (Å²) >= 11 is 2.19. The molecular weight excluding hydrogens is 689 g/mol. The van der Waals surface area contributed by atoms with E-state index in [4.69, 9.17) is 5.11 Å². The van der Waals surface area contributed by atoms with Gasteiger partial charge in [0.05, 0.1) is 6.54 Å². The van der Waals surface area contributed by atoms with Crippen molar-refractivity contribution in [3.63, 3.8) is 0 Å². The van der Waals surface area contributed by atoms with Crippen LogP contribution in [0.2, 0.25) is 0 Å². The van der Waals surface area contributed by atoms with Crippen molar-refractivity contribution in [2.75, 3.05) is 13.1 Å². The van der Waals surface area contributed by atoms with Crippen LogP contribution in [0.25, 0.3) is 0 Å². The van der Waals surface area contributed by atoms with Crippen molar-refractivity contribution in [1.29, 1.82) is 0 Å². The van der Waals surface area contributed by atoms with Gasteiger partial charge in [0.15, 0.2) is 0 Å². The van der Waals surface area contributed by atoms with Crippen molar-refractivity contribution in [1.82, 2.24) is 21.3 Å². The normalized spacial score (nSPS) is 18.2. The molecule has 0 bridgehead atoms. The molecule has 10 N–H and O–H groups in total. The number of halogens is 1. The highest BCUT2D eigenvalue weighted by molar-refractivity contribution is 14.1. The third kappa shape index (κ3) is 13.4. The molecule has 1 aromatic carbocycles. The van der Waals surface area contributed by atoms with Crippen LogP contribution in [0.1, 0.15) is 63.4 Å². The number of carboxylic acids is 3. The van der Waals surface area contributed by atoms with E-state index in [0.717, 1.165) is 41.4 Å². The molecule has 0 radical (unpaired) electrons. The summed E-state index contributed by atoms with van der Waals surface area (Å²) in [6.07, 6.45) is 3.56. The van der Waals surface area contributed by atoms with Gasteiger partial charge in [0.1, 0.15) is 18.1 Å². The predicted octanol–water partition coefficient (Wildman–Crippen LogP) is 0.724. The highest BCUT2D eigenvalue weighted by atomic mass is 127. The fourth-order valence-corrected chi connectivity index (χ4v) is 5.67. The molecule has 0 spiro atoms. The van der Waals surface area contributed by atoms with E-state index in [1.54, 1.807) is 0 Å². The van der Waals surface area contributed by atoms with Crippen LogP contribution in [0.5, 0.6) is 0 Å². The van der Waals surface area contributed by atoms with Crippen LogP contribution < -0.4 is 27.0 Å². The number of nitrogens with one attached hydrogen (secondary N) is 4. The molecule has 0 aliphatic heterocycles. The van der Waals surface area contributed by atoms with E-state index in [1.807, 2.05) is 24.3 Å². The monoisotopic (exact) mass is 732 g/mol. The minimum atomic E-state index is -1.49. The summed E-state index contributed by atoms with van der Waals surface area (Å²) < 4.78 is 1.01. The van der Waals surface area contributed by atoms with E-state index in [9.17, 15) is 39.0 Å². The molecule has 0 heterocycles. The standard InChI is InChI=1S/C29H42IN5O9/c30-20-5-3-4-18(14-20)15-23(33-25(38)19-9-7-17(16-31)8-10-19)26(39)32-13-2-1-6-21(27(40)41)34-29(44)35-22(28(42)43)11-12-24(36)37/h3-5,14,17,19,21-23H,1-2,6-13,15-16,31H2,(H,32,39)(H,33,38)(H,36,37)(H,40,41)(H,42,43)(H2,34,35,44)/p+1/t17?,19?,21-,22-,23-/m0/s1. The highest BCUT2D eigenvalue weighted by Gasteiger charge is 2.30. The van der Waals surface area contributed by atoms with Gasteiger partial charge in [-0.1, -0.05) is 12.1 Å². The zero-order chi connectivity index (χ0) is 32.6. The first-order chi connectivity index (χ1) is 20.9. The van der Waals surface area contributed by atoms with Crippen molar-refractivity contribution < 1.29 is 49.8 Å². The molecule has 14 nitrogen and oxygen atoms in total. The summed E-state index contributed by atoms with van der Waals surface area (Å²) in [5.74, 6) is -4.11. The maximum atomic E-state index is 13.2. The molecule has 0 saturated heterocycles. The van der Waals surface area contributed by atoms with Gasteiger partial charge >= 0.3 is 23.9 Å². The fraction of sp³-hybridized carbons (Fsp3) is 0.586. The summed E-state index contributed by atoms with van der Waals surface area (Å²) in [4.78, 5) is 72.1. The molecule has 3 atom stereocenters. The molecule has 0 unspecified atom stereocenters. The Kier molecular flexibility index (Phi) is 15.9. The second kappa shape index (κ2) is 19.0. The lowest BCUT2D eigenvalue weighted by Crippen LogP contribution is -2.54. The Bertz CT molecular complexity index is 1160. The lowest BCUT2D eigenvalue weighted by molar-refractivity contribution is -0.380. The average Bonchev–Trinajstić information content (AvgIpc) is 2.97. The number of carbonyl (C=O) groups excluding carboxylic acids is 3. The van der Waals surface area contributed by atoms with Crippen LogP contribution in [0.3, 0.4) is 0 Å². The predicted molar refractivity (Wildman–Crippen MR) is 166 cm³/mol. The number of unbranched alkanes of at least 4 members (excludes halogenated alkanes) is 1. The van der Waals surface area contributed by atoms with Crippen molar-refractivity contribution in [2.45, 2.75) is 82.3 Å². The molecule has 1 saturated carbocycles. The number of aliphatic carboxylic acids is 3. The zero-order valence-electron chi connectivity index (χ0n) is 24.6. The molecule has 44 heavy (non-hydrogen) atoms. The van der Waals surface area contributed by atoms with Gasteiger partial charge in [0, 0.05) is 34.8 Å². The van der Waals surface area contributed by atoms with Crippen molar-refractivity contribution >= 4 is 58.3 Å². The van der Waals surface area contributed by atoms with Crippen LogP contribution in [-0.2, 0) is 30.4 Å². The van der Waals surface area contributed by atoms with E-state index in [1.165, 1.54) is 0 Å². The highest BCUT2D eigenvalue weighted by Crippen LogP contribution is 2.28. The van der Waals surface area contributed by atoms with Gasteiger partial charge in [-0.3, -0.25) is 14.4 Å². The average molecular weight is 733 g/mol. The molecule has 15 heteroatoms. The number of carbonyl (C=O) groups is 6. The molecule has 1 fully saturated rings. The number of urea groups is 1. The number of quaternary nitrogens is 1. The summed E-state index contributed by atoms with van der Waals surface area (Å²) in [5, 5.41) is 37.5. The third-order valence-corrected chi connectivity index (χ3v) is 8.33. The Morgan fingerprint density at radius 1 is 0.864 bits per heavy atom.